The Labute approximate surface area is 195 Å². The second kappa shape index (κ2) is 8.95. The summed E-state index contributed by atoms with van der Waals surface area (Å²) in [5.74, 6) is 0.0620. The van der Waals surface area contributed by atoms with Gasteiger partial charge in [0.1, 0.15) is 22.8 Å². The molecule has 4 aromatic rings. The van der Waals surface area contributed by atoms with Crippen molar-refractivity contribution in [1.82, 2.24) is 9.38 Å². The van der Waals surface area contributed by atoms with Gasteiger partial charge in [0.25, 0.3) is 11.6 Å². The number of aryl methyl sites for hydroxylation is 1. The van der Waals surface area contributed by atoms with Crippen molar-refractivity contribution in [2.24, 2.45) is 0 Å². The van der Waals surface area contributed by atoms with Crippen LogP contribution in [0.1, 0.15) is 15.9 Å². The van der Waals surface area contributed by atoms with Crippen LogP contribution >= 0.6 is 0 Å². The third-order valence-corrected chi connectivity index (χ3v) is 5.91. The third kappa shape index (κ3) is 3.97. The van der Waals surface area contributed by atoms with Crippen molar-refractivity contribution >= 4 is 28.7 Å². The Kier molecular flexibility index (Phi) is 5.69. The maximum Gasteiger partial charge on any atom is 0.293 e. The Morgan fingerprint density at radius 1 is 1.09 bits per heavy atom. The number of aromatic nitrogens is 2. The van der Waals surface area contributed by atoms with Gasteiger partial charge in [-0.3, -0.25) is 19.3 Å². The molecule has 34 heavy (non-hydrogen) atoms. The van der Waals surface area contributed by atoms with Crippen LogP contribution in [0.3, 0.4) is 0 Å². The van der Waals surface area contributed by atoms with Crippen LogP contribution in [-0.2, 0) is 4.74 Å². The van der Waals surface area contributed by atoms with Crippen LogP contribution in [0, 0.1) is 17.0 Å². The molecule has 9 nitrogen and oxygen atoms in total. The van der Waals surface area contributed by atoms with E-state index in [1.165, 1.54) is 6.07 Å². The quantitative estimate of drug-likeness (QED) is 0.354. The largest absolute Gasteiger partial charge is 0.378 e. The first-order valence-electron chi connectivity index (χ1n) is 11.0. The number of hydrogen-bond donors (Lipinski definition) is 1. The second-order valence-electron chi connectivity index (χ2n) is 8.07. The normalized spacial score (nSPS) is 13.7. The van der Waals surface area contributed by atoms with Gasteiger partial charge in [-0.2, -0.15) is 0 Å². The number of rotatable bonds is 5. The van der Waals surface area contributed by atoms with Gasteiger partial charge >= 0.3 is 0 Å². The van der Waals surface area contributed by atoms with Crippen molar-refractivity contribution in [2.45, 2.75) is 6.92 Å². The van der Waals surface area contributed by atoms with E-state index in [4.69, 9.17) is 9.72 Å². The van der Waals surface area contributed by atoms with Crippen LogP contribution in [0.2, 0.25) is 0 Å². The predicted octanol–water partition coefficient (Wildman–Crippen LogP) is 4.31. The zero-order valence-electron chi connectivity index (χ0n) is 18.6. The van der Waals surface area contributed by atoms with E-state index in [0.29, 0.717) is 43.5 Å². The lowest BCUT2D eigenvalue weighted by Crippen LogP contribution is -2.36. The topological polar surface area (TPSA) is 102 Å². The summed E-state index contributed by atoms with van der Waals surface area (Å²) in [5.41, 5.74) is 3.76. The SMILES string of the molecule is Cc1cccn2c(NC(=O)c3ccc(N4CCOCC4)c([N+](=O)[O-])c3)c(-c3ccccc3)nc12. The Hall–Kier alpha value is -4.24. The highest BCUT2D eigenvalue weighted by Gasteiger charge is 2.24. The minimum Gasteiger partial charge on any atom is -0.378 e. The number of hydrogen-bond acceptors (Lipinski definition) is 6. The Morgan fingerprint density at radius 2 is 1.85 bits per heavy atom. The number of nitrogens with zero attached hydrogens (tertiary/aromatic N) is 4. The number of ether oxygens (including phenoxy) is 1. The molecule has 2 aromatic carbocycles. The highest BCUT2D eigenvalue weighted by atomic mass is 16.6. The van der Waals surface area contributed by atoms with Crippen LogP contribution in [-0.4, -0.2) is 46.5 Å². The maximum absolute atomic E-state index is 13.3. The van der Waals surface area contributed by atoms with Gasteiger partial charge in [-0.1, -0.05) is 36.4 Å². The number of pyridine rings is 1. The summed E-state index contributed by atoms with van der Waals surface area (Å²) in [6.07, 6.45) is 1.83. The van der Waals surface area contributed by atoms with E-state index in [0.717, 1.165) is 16.8 Å². The molecule has 1 aliphatic heterocycles. The van der Waals surface area contributed by atoms with Crippen molar-refractivity contribution in [3.05, 3.63) is 88.1 Å². The summed E-state index contributed by atoms with van der Waals surface area (Å²) in [6, 6.07) is 18.0. The lowest BCUT2D eigenvalue weighted by atomic mass is 10.1. The molecule has 9 heteroatoms. The molecule has 0 radical (unpaired) electrons. The summed E-state index contributed by atoms with van der Waals surface area (Å²) < 4.78 is 7.18. The highest BCUT2D eigenvalue weighted by molar-refractivity contribution is 6.06. The first kappa shape index (κ1) is 21.6. The molecule has 0 atom stereocenters. The first-order chi connectivity index (χ1) is 16.5. The standard InChI is InChI=1S/C25H23N5O4/c1-17-6-5-11-29-23(17)26-22(18-7-3-2-4-8-18)24(29)27-25(31)19-9-10-20(21(16-19)30(32)33)28-12-14-34-15-13-28/h2-11,16H,12-15H2,1H3,(H,27,31). The van der Waals surface area contributed by atoms with Gasteiger partial charge in [-0.25, -0.2) is 4.98 Å². The summed E-state index contributed by atoms with van der Waals surface area (Å²) in [7, 11) is 0. The van der Waals surface area contributed by atoms with Crippen molar-refractivity contribution in [2.75, 3.05) is 36.5 Å². The fourth-order valence-corrected chi connectivity index (χ4v) is 4.18. The number of imidazole rings is 1. The van der Waals surface area contributed by atoms with E-state index in [9.17, 15) is 14.9 Å². The average Bonchev–Trinajstić information content (AvgIpc) is 3.24. The van der Waals surface area contributed by atoms with E-state index < -0.39 is 10.8 Å². The zero-order chi connectivity index (χ0) is 23.7. The van der Waals surface area contributed by atoms with E-state index in [1.54, 1.807) is 12.1 Å². The van der Waals surface area contributed by atoms with Crippen LogP contribution in [0.4, 0.5) is 17.2 Å². The number of fused-ring (bicyclic) bond motifs is 1. The number of amides is 1. The van der Waals surface area contributed by atoms with Crippen molar-refractivity contribution in [1.29, 1.82) is 0 Å². The molecule has 3 heterocycles. The molecule has 0 bridgehead atoms. The summed E-state index contributed by atoms with van der Waals surface area (Å²) in [5, 5.41) is 14.8. The van der Waals surface area contributed by atoms with E-state index in [-0.39, 0.29) is 11.3 Å². The van der Waals surface area contributed by atoms with Crippen molar-refractivity contribution < 1.29 is 14.5 Å². The number of morpholine rings is 1. The average molecular weight is 457 g/mol. The minimum atomic E-state index is -0.450. The number of carbonyl (C=O) groups is 1. The Bertz CT molecular complexity index is 1380. The van der Waals surface area contributed by atoms with E-state index >= 15 is 0 Å². The molecule has 2 aromatic heterocycles. The molecule has 172 valence electrons. The van der Waals surface area contributed by atoms with Gasteiger partial charge in [0.05, 0.1) is 18.1 Å². The van der Waals surface area contributed by atoms with Crippen LogP contribution in [0.15, 0.2) is 66.9 Å². The molecule has 0 saturated carbocycles. The van der Waals surface area contributed by atoms with Crippen molar-refractivity contribution in [3.63, 3.8) is 0 Å². The number of benzene rings is 2. The Morgan fingerprint density at radius 3 is 2.59 bits per heavy atom. The van der Waals surface area contributed by atoms with Crippen molar-refractivity contribution in [3.8, 4) is 11.3 Å². The lowest BCUT2D eigenvalue weighted by molar-refractivity contribution is -0.384. The fraction of sp³-hybridized carbons (Fsp3) is 0.200. The van der Waals surface area contributed by atoms with Gasteiger partial charge < -0.3 is 15.0 Å². The smallest absolute Gasteiger partial charge is 0.293 e. The van der Waals surface area contributed by atoms with Crippen LogP contribution in [0.5, 0.6) is 0 Å². The number of nitro benzene ring substituents is 1. The molecule has 0 spiro atoms. The summed E-state index contributed by atoms with van der Waals surface area (Å²) in [4.78, 5) is 31.3. The van der Waals surface area contributed by atoms with E-state index in [1.807, 2.05) is 64.9 Å². The maximum atomic E-state index is 13.3. The molecule has 1 N–H and O–H groups in total. The molecule has 1 fully saturated rings. The monoisotopic (exact) mass is 457 g/mol. The predicted molar refractivity (Wildman–Crippen MR) is 129 cm³/mol. The van der Waals surface area contributed by atoms with Gasteiger partial charge in [-0.15, -0.1) is 0 Å². The number of anilines is 2. The molecule has 1 saturated heterocycles. The summed E-state index contributed by atoms with van der Waals surface area (Å²) >= 11 is 0. The number of carbonyl (C=O) groups excluding carboxylic acids is 1. The molecule has 5 rings (SSSR count). The molecule has 1 amide bonds. The van der Waals surface area contributed by atoms with Gasteiger partial charge in [0.2, 0.25) is 0 Å². The Balaban J connectivity index is 1.53. The minimum absolute atomic E-state index is 0.105. The van der Waals surface area contributed by atoms with Gasteiger partial charge in [0.15, 0.2) is 0 Å². The molecule has 1 aliphatic rings. The third-order valence-electron chi connectivity index (χ3n) is 5.91. The van der Waals surface area contributed by atoms with Crippen LogP contribution in [0.25, 0.3) is 16.9 Å². The highest BCUT2D eigenvalue weighted by Crippen LogP contribution is 2.32. The van der Waals surface area contributed by atoms with E-state index in [2.05, 4.69) is 5.32 Å². The molecular formula is C25H23N5O4. The molecular weight excluding hydrogens is 434 g/mol. The fourth-order valence-electron chi connectivity index (χ4n) is 4.18. The summed E-state index contributed by atoms with van der Waals surface area (Å²) in [6.45, 7) is 4.10. The zero-order valence-corrected chi connectivity index (χ0v) is 18.6. The van der Waals surface area contributed by atoms with Gasteiger partial charge in [0, 0.05) is 36.5 Å². The van der Waals surface area contributed by atoms with Gasteiger partial charge in [-0.05, 0) is 30.7 Å². The lowest BCUT2D eigenvalue weighted by Gasteiger charge is -2.28. The number of nitro groups is 1. The molecule has 0 aliphatic carbocycles. The first-order valence-corrected chi connectivity index (χ1v) is 11.0. The second-order valence-corrected chi connectivity index (χ2v) is 8.07. The van der Waals surface area contributed by atoms with Crippen LogP contribution < -0.4 is 10.2 Å². The number of nitrogens with one attached hydrogen (secondary N) is 1. The molecule has 0 unspecified atom stereocenters.